The van der Waals surface area contributed by atoms with Gasteiger partial charge >= 0.3 is 5.97 Å². The van der Waals surface area contributed by atoms with Gasteiger partial charge in [-0.3, -0.25) is 14.5 Å². The van der Waals surface area contributed by atoms with Crippen molar-refractivity contribution in [1.82, 2.24) is 10.2 Å². The molecule has 1 N–H and O–H groups in total. The molecule has 0 spiro atoms. The van der Waals surface area contributed by atoms with Gasteiger partial charge in [0.05, 0.1) is 25.6 Å². The summed E-state index contributed by atoms with van der Waals surface area (Å²) < 4.78 is 4.77. The Morgan fingerprint density at radius 2 is 1.91 bits per heavy atom. The number of nitrogens with one attached hydrogen (secondary N) is 1. The lowest BCUT2D eigenvalue weighted by Crippen LogP contribution is -2.43. The summed E-state index contributed by atoms with van der Waals surface area (Å²) in [7, 11) is 1.42. The normalized spacial score (nSPS) is 17.7. The van der Waals surface area contributed by atoms with E-state index < -0.39 is 0 Å². The minimum Gasteiger partial charge on any atom is -0.469 e. The largest absolute Gasteiger partial charge is 0.469 e. The summed E-state index contributed by atoms with van der Waals surface area (Å²) >= 11 is 0. The number of likely N-dealkylation sites (tertiary alicyclic amines) is 1. The topological polar surface area (TPSA) is 58.6 Å². The number of hydrogen-bond acceptors (Lipinski definition) is 4. The lowest BCUT2D eigenvalue weighted by atomic mass is 9.97. The average molecular weight is 304 g/mol. The van der Waals surface area contributed by atoms with Crippen LogP contribution in [0.15, 0.2) is 30.3 Å². The highest BCUT2D eigenvalue weighted by Gasteiger charge is 2.26. The zero-order chi connectivity index (χ0) is 15.9. The fraction of sp³-hybridized carbons (Fsp3) is 0.529. The second kappa shape index (κ2) is 7.94. The highest BCUT2D eigenvalue weighted by molar-refractivity contribution is 5.78. The van der Waals surface area contributed by atoms with Crippen LogP contribution < -0.4 is 5.32 Å². The predicted octanol–water partition coefficient (Wildman–Crippen LogP) is 1.75. The van der Waals surface area contributed by atoms with E-state index in [1.807, 2.05) is 37.3 Å². The molecule has 1 atom stereocenters. The smallest absolute Gasteiger partial charge is 0.308 e. The Labute approximate surface area is 131 Å². The number of piperidine rings is 1. The Hall–Kier alpha value is -1.88. The molecule has 0 bridgehead atoms. The molecule has 1 aromatic carbocycles. The maximum atomic E-state index is 12.1. The molecule has 5 nitrogen and oxygen atoms in total. The molecule has 0 aliphatic carbocycles. The molecule has 1 saturated heterocycles. The minimum absolute atomic E-state index is 0.00121. The molecule has 0 aromatic heterocycles. The van der Waals surface area contributed by atoms with Gasteiger partial charge in [0.2, 0.25) is 5.91 Å². The van der Waals surface area contributed by atoms with Gasteiger partial charge in [-0.05, 0) is 38.4 Å². The van der Waals surface area contributed by atoms with Gasteiger partial charge in [0.15, 0.2) is 0 Å². The van der Waals surface area contributed by atoms with E-state index in [0.29, 0.717) is 6.54 Å². The van der Waals surface area contributed by atoms with Crippen LogP contribution in [0.2, 0.25) is 0 Å². The van der Waals surface area contributed by atoms with Crippen molar-refractivity contribution in [2.45, 2.75) is 25.8 Å². The van der Waals surface area contributed by atoms with Crippen LogP contribution in [0.5, 0.6) is 0 Å². The van der Waals surface area contributed by atoms with E-state index in [-0.39, 0.29) is 23.8 Å². The Morgan fingerprint density at radius 3 is 2.50 bits per heavy atom. The molecule has 1 amide bonds. The van der Waals surface area contributed by atoms with Crippen LogP contribution in [0.4, 0.5) is 0 Å². The Kier molecular flexibility index (Phi) is 5.95. The second-order valence-electron chi connectivity index (χ2n) is 5.77. The summed E-state index contributed by atoms with van der Waals surface area (Å²) in [6.45, 7) is 3.88. The molecule has 120 valence electrons. The third kappa shape index (κ3) is 4.56. The van der Waals surface area contributed by atoms with Crippen molar-refractivity contribution in [3.05, 3.63) is 35.9 Å². The zero-order valence-electron chi connectivity index (χ0n) is 13.2. The quantitative estimate of drug-likeness (QED) is 0.842. The van der Waals surface area contributed by atoms with Crippen molar-refractivity contribution < 1.29 is 14.3 Å². The SMILES string of the molecule is COC(=O)C1CCN(CC(=O)N[C@H](C)c2ccccc2)CC1. The van der Waals surface area contributed by atoms with Crippen LogP contribution in [0, 0.1) is 5.92 Å². The molecular formula is C17H24N2O3. The van der Waals surface area contributed by atoms with Crippen LogP contribution in [0.3, 0.4) is 0 Å². The predicted molar refractivity (Wildman–Crippen MR) is 84.2 cm³/mol. The highest BCUT2D eigenvalue weighted by atomic mass is 16.5. The van der Waals surface area contributed by atoms with Crippen LogP contribution in [0.25, 0.3) is 0 Å². The van der Waals surface area contributed by atoms with Crippen molar-refractivity contribution >= 4 is 11.9 Å². The Bertz CT molecular complexity index is 496. The van der Waals surface area contributed by atoms with Crippen LogP contribution in [0.1, 0.15) is 31.4 Å². The number of carbonyl (C=O) groups is 2. The fourth-order valence-corrected chi connectivity index (χ4v) is 2.81. The molecule has 1 aromatic rings. The van der Waals surface area contributed by atoms with E-state index in [9.17, 15) is 9.59 Å². The molecule has 0 unspecified atom stereocenters. The summed E-state index contributed by atoms with van der Waals surface area (Å²) in [5, 5.41) is 3.02. The first-order chi connectivity index (χ1) is 10.6. The molecule has 0 saturated carbocycles. The van der Waals surface area contributed by atoms with E-state index >= 15 is 0 Å². The number of benzene rings is 1. The van der Waals surface area contributed by atoms with Crippen LogP contribution in [-0.2, 0) is 14.3 Å². The lowest BCUT2D eigenvalue weighted by molar-refractivity contribution is -0.147. The third-order valence-electron chi connectivity index (χ3n) is 4.17. The van der Waals surface area contributed by atoms with Gasteiger partial charge in [0.1, 0.15) is 0 Å². The molecule has 1 aliphatic heterocycles. The summed E-state index contributed by atoms with van der Waals surface area (Å²) in [5.41, 5.74) is 1.10. The maximum Gasteiger partial charge on any atom is 0.308 e. The molecule has 2 rings (SSSR count). The van der Waals surface area contributed by atoms with Crippen LogP contribution >= 0.6 is 0 Å². The van der Waals surface area contributed by atoms with E-state index in [4.69, 9.17) is 4.74 Å². The number of esters is 1. The number of amides is 1. The molecule has 0 radical (unpaired) electrons. The maximum absolute atomic E-state index is 12.1. The Balaban J connectivity index is 1.75. The zero-order valence-corrected chi connectivity index (χ0v) is 13.2. The van der Waals surface area contributed by atoms with E-state index in [1.165, 1.54) is 7.11 Å². The van der Waals surface area contributed by atoms with Gasteiger partial charge in [-0.15, -0.1) is 0 Å². The number of hydrogen-bond donors (Lipinski definition) is 1. The molecule has 5 heteroatoms. The van der Waals surface area contributed by atoms with Gasteiger partial charge in [0.25, 0.3) is 0 Å². The molecule has 1 heterocycles. The number of nitrogens with zero attached hydrogens (tertiary/aromatic N) is 1. The van der Waals surface area contributed by atoms with Gasteiger partial charge in [0, 0.05) is 0 Å². The monoisotopic (exact) mass is 304 g/mol. The van der Waals surface area contributed by atoms with Gasteiger partial charge in [-0.1, -0.05) is 30.3 Å². The summed E-state index contributed by atoms with van der Waals surface area (Å²) in [6.07, 6.45) is 1.52. The van der Waals surface area contributed by atoms with Gasteiger partial charge < -0.3 is 10.1 Å². The second-order valence-corrected chi connectivity index (χ2v) is 5.77. The van der Waals surface area contributed by atoms with Crippen molar-refractivity contribution in [1.29, 1.82) is 0 Å². The van der Waals surface area contributed by atoms with Gasteiger partial charge in [-0.25, -0.2) is 0 Å². The van der Waals surface area contributed by atoms with Gasteiger partial charge in [-0.2, -0.15) is 0 Å². The summed E-state index contributed by atoms with van der Waals surface area (Å²) in [5.74, 6) is -0.137. The summed E-state index contributed by atoms with van der Waals surface area (Å²) in [6, 6.07) is 9.91. The van der Waals surface area contributed by atoms with Crippen LogP contribution in [-0.4, -0.2) is 43.5 Å². The van der Waals surface area contributed by atoms with Crippen molar-refractivity contribution in [2.75, 3.05) is 26.7 Å². The first-order valence-corrected chi connectivity index (χ1v) is 7.74. The molecule has 1 aliphatic rings. The molecule has 22 heavy (non-hydrogen) atoms. The number of rotatable bonds is 5. The van der Waals surface area contributed by atoms with E-state index in [1.54, 1.807) is 0 Å². The average Bonchev–Trinajstić information content (AvgIpc) is 2.55. The van der Waals surface area contributed by atoms with Crippen molar-refractivity contribution in [3.8, 4) is 0 Å². The van der Waals surface area contributed by atoms with Crippen molar-refractivity contribution in [3.63, 3.8) is 0 Å². The third-order valence-corrected chi connectivity index (χ3v) is 4.17. The number of methoxy groups -OCH3 is 1. The lowest BCUT2D eigenvalue weighted by Gasteiger charge is -2.30. The first-order valence-electron chi connectivity index (χ1n) is 7.74. The molecule has 1 fully saturated rings. The van der Waals surface area contributed by atoms with Crippen molar-refractivity contribution in [2.24, 2.45) is 5.92 Å². The molecular weight excluding hydrogens is 280 g/mol. The Morgan fingerprint density at radius 1 is 1.27 bits per heavy atom. The van der Waals surface area contributed by atoms with E-state index in [2.05, 4.69) is 10.2 Å². The fourth-order valence-electron chi connectivity index (χ4n) is 2.81. The standard InChI is InChI=1S/C17H24N2O3/c1-13(14-6-4-3-5-7-14)18-16(20)12-19-10-8-15(9-11-19)17(21)22-2/h3-7,13,15H,8-12H2,1-2H3,(H,18,20)/t13-/m1/s1. The van der Waals surface area contributed by atoms with E-state index in [0.717, 1.165) is 31.5 Å². The minimum atomic E-state index is -0.137. The summed E-state index contributed by atoms with van der Waals surface area (Å²) in [4.78, 5) is 25.7. The number of ether oxygens (including phenoxy) is 1. The number of carbonyl (C=O) groups excluding carboxylic acids is 2. The first kappa shape index (κ1) is 16.5. The highest BCUT2D eigenvalue weighted by Crippen LogP contribution is 2.18.